The number of rotatable bonds is 7. The number of likely N-dealkylation sites (tertiary alicyclic amines) is 1. The monoisotopic (exact) mass is 620 g/mol. The van der Waals surface area contributed by atoms with Gasteiger partial charge in [-0.2, -0.15) is 5.10 Å². The molecule has 0 radical (unpaired) electrons. The summed E-state index contributed by atoms with van der Waals surface area (Å²) in [6.07, 6.45) is 5.56. The number of amides is 2. The van der Waals surface area contributed by atoms with Gasteiger partial charge in [0.05, 0.1) is 24.1 Å². The van der Waals surface area contributed by atoms with Crippen LogP contribution in [-0.2, 0) is 16.1 Å². The number of carbonyl (C=O) groups excluding carboxylic acids is 3. The van der Waals surface area contributed by atoms with Crippen molar-refractivity contribution in [2.24, 2.45) is 5.41 Å². The van der Waals surface area contributed by atoms with Gasteiger partial charge < -0.3 is 10.2 Å². The molecular weight excluding hydrogens is 595 g/mol. The van der Waals surface area contributed by atoms with E-state index in [-0.39, 0.29) is 30.5 Å². The number of fused-ring (bicyclic) bond motifs is 2. The van der Waals surface area contributed by atoms with Crippen LogP contribution in [0, 0.1) is 19.3 Å². The molecule has 1 aliphatic heterocycles. The van der Waals surface area contributed by atoms with Crippen molar-refractivity contribution in [2.45, 2.75) is 52.2 Å². The number of aryl methyl sites for hydroxylation is 2. The normalized spacial score (nSPS) is 21.1. The average molecular weight is 621 g/mol. The number of ketones is 1. The molecule has 0 bridgehead atoms. The number of anilines is 1. The van der Waals surface area contributed by atoms with Crippen molar-refractivity contribution in [3.63, 3.8) is 0 Å². The lowest BCUT2D eigenvalue weighted by molar-refractivity contribution is -0.138. The van der Waals surface area contributed by atoms with Crippen LogP contribution in [0.4, 0.5) is 10.2 Å². The van der Waals surface area contributed by atoms with Gasteiger partial charge in [-0.15, -0.1) is 0 Å². The first-order chi connectivity index (χ1) is 19.6. The second-order valence-electron chi connectivity index (χ2n) is 10.7. The molecule has 1 saturated heterocycles. The van der Waals surface area contributed by atoms with E-state index in [4.69, 9.17) is 0 Å². The fourth-order valence-electron chi connectivity index (χ4n) is 5.58. The second-order valence-corrected chi connectivity index (χ2v) is 11.5. The number of halogens is 2. The predicted octanol–water partition coefficient (Wildman–Crippen LogP) is 3.83. The van der Waals surface area contributed by atoms with Crippen LogP contribution in [0.1, 0.15) is 41.6 Å². The fraction of sp³-hybridized carbons (Fsp3) is 0.357. The SMILES string of the molecule is CC(=O)c1nn(CC(=O)N2[C@H](C(=O)Nc3nc(Br)ccc3C)C[C@@]3(CF)C[C@@H]23)c2cnc(-c3cnc(C)nc3)cc12. The molecule has 0 aromatic carbocycles. The van der Waals surface area contributed by atoms with Gasteiger partial charge >= 0.3 is 0 Å². The van der Waals surface area contributed by atoms with E-state index in [2.05, 4.69) is 46.3 Å². The van der Waals surface area contributed by atoms with Crippen molar-refractivity contribution < 1.29 is 18.8 Å². The van der Waals surface area contributed by atoms with E-state index in [1.54, 1.807) is 37.6 Å². The molecule has 2 fully saturated rings. The minimum atomic E-state index is -0.863. The van der Waals surface area contributed by atoms with Crippen LogP contribution < -0.4 is 5.32 Å². The summed E-state index contributed by atoms with van der Waals surface area (Å²) in [4.78, 5) is 58.4. The molecule has 3 atom stereocenters. The van der Waals surface area contributed by atoms with Crippen molar-refractivity contribution in [1.29, 1.82) is 0 Å². The number of piperidine rings is 1. The summed E-state index contributed by atoms with van der Waals surface area (Å²) in [5.74, 6) is -0.0926. The number of nitrogens with one attached hydrogen (secondary N) is 1. The van der Waals surface area contributed by atoms with Crippen molar-refractivity contribution in [1.82, 2.24) is 34.6 Å². The molecule has 2 aliphatic rings. The molecule has 5 heterocycles. The van der Waals surface area contributed by atoms with Crippen LogP contribution in [0.5, 0.6) is 0 Å². The summed E-state index contributed by atoms with van der Waals surface area (Å²) >= 11 is 3.31. The third-order valence-corrected chi connectivity index (χ3v) is 8.35. The molecule has 2 amide bonds. The first-order valence-electron chi connectivity index (χ1n) is 13.1. The molecule has 11 nitrogen and oxygen atoms in total. The molecule has 41 heavy (non-hydrogen) atoms. The van der Waals surface area contributed by atoms with Gasteiger partial charge in [-0.25, -0.2) is 15.0 Å². The van der Waals surface area contributed by atoms with Crippen LogP contribution in [0.15, 0.2) is 41.4 Å². The van der Waals surface area contributed by atoms with E-state index in [0.29, 0.717) is 44.8 Å². The molecule has 1 saturated carbocycles. The lowest BCUT2D eigenvalue weighted by Gasteiger charge is -2.27. The number of aromatic nitrogens is 6. The van der Waals surface area contributed by atoms with Gasteiger partial charge in [0.1, 0.15) is 34.5 Å². The zero-order valence-corrected chi connectivity index (χ0v) is 24.1. The van der Waals surface area contributed by atoms with Gasteiger partial charge in [-0.1, -0.05) is 6.07 Å². The number of nitrogens with zero attached hydrogens (tertiary/aromatic N) is 7. The Kier molecular flexibility index (Phi) is 6.63. The van der Waals surface area contributed by atoms with E-state index in [1.165, 1.54) is 16.5 Å². The number of alkyl halides is 1. The van der Waals surface area contributed by atoms with Crippen LogP contribution in [0.25, 0.3) is 22.2 Å². The number of hydrogen-bond donors (Lipinski definition) is 1. The topological polar surface area (TPSA) is 136 Å². The van der Waals surface area contributed by atoms with Gasteiger partial charge in [0.15, 0.2) is 5.78 Å². The van der Waals surface area contributed by atoms with E-state index in [1.807, 2.05) is 13.0 Å². The third-order valence-electron chi connectivity index (χ3n) is 7.91. The van der Waals surface area contributed by atoms with Gasteiger partial charge in [-0.3, -0.25) is 28.4 Å². The minimum absolute atomic E-state index is 0.195. The first-order valence-corrected chi connectivity index (χ1v) is 13.9. The first kappa shape index (κ1) is 27.1. The van der Waals surface area contributed by atoms with Crippen LogP contribution >= 0.6 is 15.9 Å². The number of carbonyl (C=O) groups is 3. The highest BCUT2D eigenvalue weighted by atomic mass is 79.9. The number of hydrogen-bond acceptors (Lipinski definition) is 8. The van der Waals surface area contributed by atoms with Crippen LogP contribution in [0.3, 0.4) is 0 Å². The van der Waals surface area contributed by atoms with Crippen molar-refractivity contribution in [2.75, 3.05) is 12.0 Å². The summed E-state index contributed by atoms with van der Waals surface area (Å²) < 4.78 is 16.1. The molecular formula is C28H26BrFN8O3. The maximum Gasteiger partial charge on any atom is 0.248 e. The Bertz CT molecular complexity index is 1730. The maximum atomic E-state index is 14.1. The predicted molar refractivity (Wildman–Crippen MR) is 151 cm³/mol. The van der Waals surface area contributed by atoms with Crippen LogP contribution in [0.2, 0.25) is 0 Å². The summed E-state index contributed by atoms with van der Waals surface area (Å²) in [6, 6.07) is 4.05. The molecule has 210 valence electrons. The van der Waals surface area contributed by atoms with E-state index in [0.717, 1.165) is 5.56 Å². The summed E-state index contributed by atoms with van der Waals surface area (Å²) in [5.41, 5.74) is 1.95. The zero-order chi connectivity index (χ0) is 29.1. The Morgan fingerprint density at radius 2 is 1.88 bits per heavy atom. The molecule has 0 spiro atoms. The Balaban J connectivity index is 1.30. The van der Waals surface area contributed by atoms with Gasteiger partial charge in [0, 0.05) is 41.7 Å². The maximum absolute atomic E-state index is 14.1. The molecule has 6 rings (SSSR count). The molecule has 1 aliphatic carbocycles. The Hall–Kier alpha value is -4.13. The second kappa shape index (κ2) is 10.1. The fourth-order valence-corrected chi connectivity index (χ4v) is 5.89. The minimum Gasteiger partial charge on any atom is -0.325 e. The highest BCUT2D eigenvalue weighted by molar-refractivity contribution is 9.10. The summed E-state index contributed by atoms with van der Waals surface area (Å²) in [7, 11) is 0. The number of Topliss-reactive ketones (excluding diaryl/α,β-unsaturated/α-hetero) is 1. The molecule has 13 heteroatoms. The highest BCUT2D eigenvalue weighted by Gasteiger charge is 2.67. The van der Waals surface area contributed by atoms with Gasteiger partial charge in [0.25, 0.3) is 0 Å². The standard InChI is InChI=1S/C28H26BrFN8O3/c1-14-4-5-23(29)34-26(14)35-27(41)20-7-28(13-30)8-22(28)38(20)24(40)12-37-21-11-33-19(17-9-31-16(3)32-10-17)6-18(21)25(36-37)15(2)39/h4-6,9-11,20,22H,7-8,12-13H2,1-3H3,(H,34,35,41)/t20-,22+,28-/m0/s1. The molecule has 1 N–H and O–H groups in total. The van der Waals surface area contributed by atoms with Crippen molar-refractivity contribution in [3.05, 3.63) is 58.5 Å². The summed E-state index contributed by atoms with van der Waals surface area (Å²) in [6.45, 7) is 4.14. The van der Waals surface area contributed by atoms with E-state index < -0.39 is 29.9 Å². The van der Waals surface area contributed by atoms with Crippen molar-refractivity contribution in [3.8, 4) is 11.3 Å². The Labute approximate surface area is 242 Å². The largest absolute Gasteiger partial charge is 0.325 e. The zero-order valence-electron chi connectivity index (χ0n) is 22.6. The molecule has 0 unspecified atom stereocenters. The van der Waals surface area contributed by atoms with E-state index in [9.17, 15) is 18.8 Å². The van der Waals surface area contributed by atoms with Gasteiger partial charge in [0.2, 0.25) is 11.8 Å². The molecule has 4 aromatic rings. The smallest absolute Gasteiger partial charge is 0.248 e. The lowest BCUT2D eigenvalue weighted by Crippen LogP contribution is -2.47. The Morgan fingerprint density at radius 1 is 1.12 bits per heavy atom. The summed E-state index contributed by atoms with van der Waals surface area (Å²) in [5, 5.41) is 7.79. The highest BCUT2D eigenvalue weighted by Crippen LogP contribution is 2.60. The van der Waals surface area contributed by atoms with Crippen molar-refractivity contribution >= 4 is 50.2 Å². The molecule has 4 aromatic heterocycles. The Morgan fingerprint density at radius 3 is 2.59 bits per heavy atom. The lowest BCUT2D eigenvalue weighted by atomic mass is 10.0. The number of pyridine rings is 2. The van der Waals surface area contributed by atoms with E-state index >= 15 is 0 Å². The third kappa shape index (κ3) is 4.77. The van der Waals surface area contributed by atoms with Gasteiger partial charge in [-0.05, 0) is 60.3 Å². The average Bonchev–Trinajstić information content (AvgIpc) is 3.38. The quantitative estimate of drug-likeness (QED) is 0.243. The van der Waals surface area contributed by atoms with Crippen LogP contribution in [-0.4, -0.2) is 71.0 Å².